The minimum absolute atomic E-state index is 0. The summed E-state index contributed by atoms with van der Waals surface area (Å²) in [6.07, 6.45) is 7.17. The molecule has 0 aromatic heterocycles. The van der Waals surface area contributed by atoms with E-state index in [1.54, 1.807) is 11.9 Å². The van der Waals surface area contributed by atoms with E-state index in [1.807, 2.05) is 32.0 Å². The molecule has 2 amide bonds. The lowest BCUT2D eigenvalue weighted by Crippen LogP contribution is -2.48. The molecule has 0 unspecified atom stereocenters. The quantitative estimate of drug-likeness (QED) is 0.671. The summed E-state index contributed by atoms with van der Waals surface area (Å²) in [4.78, 5) is 25.9. The molecule has 2 rings (SSSR count). The fraction of sp³-hybridized carbons (Fsp3) is 0.652. The molecule has 166 valence electrons. The first-order valence-electron chi connectivity index (χ1n) is 10.7. The second-order valence-corrected chi connectivity index (χ2v) is 7.73. The van der Waals surface area contributed by atoms with Crippen LogP contribution in [0.2, 0.25) is 0 Å². The van der Waals surface area contributed by atoms with E-state index < -0.39 is 0 Å². The van der Waals surface area contributed by atoms with Gasteiger partial charge in [0, 0.05) is 13.1 Å². The molecule has 0 radical (unpaired) electrons. The summed E-state index contributed by atoms with van der Waals surface area (Å²) in [7, 11) is 1.76. The maximum Gasteiger partial charge on any atom is 0.239 e. The predicted molar refractivity (Wildman–Crippen MR) is 127 cm³/mol. The highest BCUT2D eigenvalue weighted by atomic mass is 32.1. The fourth-order valence-corrected chi connectivity index (χ4v) is 3.35. The first-order valence-corrected chi connectivity index (χ1v) is 10.7. The second kappa shape index (κ2) is 16.3. The van der Waals surface area contributed by atoms with Gasteiger partial charge in [-0.1, -0.05) is 62.1 Å². The van der Waals surface area contributed by atoms with Crippen molar-refractivity contribution in [3.63, 3.8) is 0 Å². The second-order valence-electron chi connectivity index (χ2n) is 7.73. The van der Waals surface area contributed by atoms with Crippen molar-refractivity contribution in [2.24, 2.45) is 5.92 Å². The number of carbonyl (C=O) groups excluding carboxylic acids is 2. The highest BCUT2D eigenvalue weighted by Crippen LogP contribution is 2.22. The van der Waals surface area contributed by atoms with Crippen molar-refractivity contribution in [2.45, 2.75) is 65.3 Å². The highest BCUT2D eigenvalue weighted by Gasteiger charge is 2.21. The van der Waals surface area contributed by atoms with Crippen LogP contribution in [-0.4, -0.2) is 49.4 Å². The van der Waals surface area contributed by atoms with Gasteiger partial charge in [0.05, 0.1) is 12.6 Å². The molecule has 1 aromatic rings. The number of benzene rings is 1. The summed E-state index contributed by atoms with van der Waals surface area (Å²) in [5, 5.41) is 5.94. The lowest BCUT2D eigenvalue weighted by atomic mass is 9.89. The van der Waals surface area contributed by atoms with Crippen molar-refractivity contribution in [1.29, 1.82) is 0 Å². The van der Waals surface area contributed by atoms with E-state index in [0.29, 0.717) is 12.5 Å². The summed E-state index contributed by atoms with van der Waals surface area (Å²) in [6.45, 7) is 7.48. The molecule has 1 aliphatic rings. The largest absolute Gasteiger partial charge is 0.354 e. The zero-order valence-corrected chi connectivity index (χ0v) is 19.7. The number of carbonyl (C=O) groups is 2. The van der Waals surface area contributed by atoms with E-state index in [0.717, 1.165) is 13.0 Å². The number of nitrogens with one attached hydrogen (secondary N) is 2. The molecule has 2 N–H and O–H groups in total. The van der Waals surface area contributed by atoms with E-state index in [4.69, 9.17) is 0 Å². The van der Waals surface area contributed by atoms with Crippen LogP contribution in [0.4, 0.5) is 0 Å². The van der Waals surface area contributed by atoms with E-state index in [-0.39, 0.29) is 37.9 Å². The third kappa shape index (κ3) is 11.9. The molecule has 6 heteroatoms. The van der Waals surface area contributed by atoms with Gasteiger partial charge < -0.3 is 15.5 Å². The molecule has 0 bridgehead atoms. The summed E-state index contributed by atoms with van der Waals surface area (Å²) in [5.41, 5.74) is 1.32. The molecule has 1 fully saturated rings. The Morgan fingerprint density at radius 1 is 1.14 bits per heavy atom. The van der Waals surface area contributed by atoms with Crippen molar-refractivity contribution in [2.75, 3.05) is 26.7 Å². The molecule has 0 saturated heterocycles. The fourth-order valence-electron chi connectivity index (χ4n) is 3.35. The Kier molecular flexibility index (Phi) is 15.4. The molecule has 5 nitrogen and oxygen atoms in total. The van der Waals surface area contributed by atoms with Crippen LogP contribution in [0.5, 0.6) is 0 Å². The number of rotatable bonds is 8. The van der Waals surface area contributed by atoms with Crippen LogP contribution in [0.1, 0.15) is 57.9 Å². The first-order chi connectivity index (χ1) is 13.5. The first kappa shape index (κ1) is 27.5. The topological polar surface area (TPSA) is 61.4 Å². The smallest absolute Gasteiger partial charge is 0.239 e. The lowest BCUT2D eigenvalue weighted by molar-refractivity contribution is -0.137. The average molecular weight is 424 g/mol. The SMILES string of the molecule is CCCN(CC(=O)NCC1CCCCC1)C(=O)[C@@H](C)NC.Cc1ccccc1.S. The zero-order valence-electron chi connectivity index (χ0n) is 18.7. The van der Waals surface area contributed by atoms with Gasteiger partial charge in [-0.15, -0.1) is 0 Å². The van der Waals surface area contributed by atoms with Crippen molar-refractivity contribution in [1.82, 2.24) is 15.5 Å². The van der Waals surface area contributed by atoms with Crippen LogP contribution in [0.3, 0.4) is 0 Å². The molecular weight excluding hydrogens is 382 g/mol. The van der Waals surface area contributed by atoms with Gasteiger partial charge in [-0.2, -0.15) is 13.5 Å². The summed E-state index contributed by atoms with van der Waals surface area (Å²) >= 11 is 0. The van der Waals surface area contributed by atoms with Gasteiger partial charge in [0.2, 0.25) is 11.8 Å². The van der Waals surface area contributed by atoms with Crippen LogP contribution in [-0.2, 0) is 9.59 Å². The van der Waals surface area contributed by atoms with Crippen LogP contribution in [0.25, 0.3) is 0 Å². The Labute approximate surface area is 184 Å². The highest BCUT2D eigenvalue weighted by molar-refractivity contribution is 7.59. The van der Waals surface area contributed by atoms with E-state index in [9.17, 15) is 9.59 Å². The predicted octanol–water partition coefficient (Wildman–Crippen LogP) is 3.64. The van der Waals surface area contributed by atoms with E-state index in [2.05, 4.69) is 29.7 Å². The third-order valence-electron chi connectivity index (χ3n) is 5.20. The van der Waals surface area contributed by atoms with E-state index >= 15 is 0 Å². The number of hydrogen-bond acceptors (Lipinski definition) is 3. The minimum Gasteiger partial charge on any atom is -0.354 e. The summed E-state index contributed by atoms with van der Waals surface area (Å²) < 4.78 is 0. The monoisotopic (exact) mass is 423 g/mol. The zero-order chi connectivity index (χ0) is 20.8. The molecule has 0 aliphatic heterocycles. The van der Waals surface area contributed by atoms with Crippen LogP contribution in [0.15, 0.2) is 30.3 Å². The van der Waals surface area contributed by atoms with Gasteiger partial charge in [-0.05, 0) is 46.1 Å². The van der Waals surface area contributed by atoms with Gasteiger partial charge in [0.15, 0.2) is 0 Å². The maximum atomic E-state index is 12.2. The Morgan fingerprint density at radius 3 is 2.24 bits per heavy atom. The van der Waals surface area contributed by atoms with Gasteiger partial charge in [0.1, 0.15) is 0 Å². The van der Waals surface area contributed by atoms with E-state index in [1.165, 1.54) is 37.7 Å². The third-order valence-corrected chi connectivity index (χ3v) is 5.20. The van der Waals surface area contributed by atoms with Gasteiger partial charge in [-0.25, -0.2) is 0 Å². The number of amides is 2. The van der Waals surface area contributed by atoms with Crippen molar-refractivity contribution in [3.8, 4) is 0 Å². The number of nitrogens with zero attached hydrogens (tertiary/aromatic N) is 1. The van der Waals surface area contributed by atoms with Crippen molar-refractivity contribution < 1.29 is 9.59 Å². The number of aryl methyl sites for hydroxylation is 1. The number of likely N-dealkylation sites (N-methyl/N-ethyl adjacent to an activating group) is 1. The number of hydrogen-bond donors (Lipinski definition) is 2. The summed E-state index contributed by atoms with van der Waals surface area (Å²) in [6, 6.07) is 10.0. The van der Waals surface area contributed by atoms with Crippen molar-refractivity contribution >= 4 is 25.3 Å². The average Bonchev–Trinajstić information content (AvgIpc) is 2.72. The molecule has 1 aromatic carbocycles. The lowest BCUT2D eigenvalue weighted by Gasteiger charge is -2.26. The molecule has 0 spiro atoms. The van der Waals surface area contributed by atoms with Gasteiger partial charge in [0.25, 0.3) is 0 Å². The molecule has 1 aliphatic carbocycles. The molecule has 0 heterocycles. The Balaban J connectivity index is 0.000000824. The molecule has 29 heavy (non-hydrogen) atoms. The van der Waals surface area contributed by atoms with Crippen LogP contribution < -0.4 is 10.6 Å². The molecule has 1 atom stereocenters. The maximum absolute atomic E-state index is 12.2. The standard InChI is InChI=1S/C16H31N3O2.C7H8.H2S/c1-4-10-19(16(21)13(2)17-3)12-15(20)18-11-14-8-6-5-7-9-14;1-7-5-3-2-4-6-7;/h13-14,17H,4-12H2,1-3H3,(H,18,20);2-6H,1H3;1H2/t13-;;/m1../s1. The van der Waals surface area contributed by atoms with Gasteiger partial charge >= 0.3 is 0 Å². The Hall–Kier alpha value is -1.53. The van der Waals surface area contributed by atoms with Crippen molar-refractivity contribution in [3.05, 3.63) is 35.9 Å². The Bertz CT molecular complexity index is 563. The van der Waals surface area contributed by atoms with Gasteiger partial charge in [-0.3, -0.25) is 9.59 Å². The summed E-state index contributed by atoms with van der Waals surface area (Å²) in [5.74, 6) is 0.576. The molecule has 1 saturated carbocycles. The molecular formula is C23H41N3O2S. The van der Waals surface area contributed by atoms with Crippen LogP contribution >= 0.6 is 13.5 Å². The Morgan fingerprint density at radius 2 is 1.76 bits per heavy atom. The van der Waals surface area contributed by atoms with Crippen LogP contribution in [0, 0.1) is 12.8 Å². The normalized spacial score (nSPS) is 14.6. The minimum atomic E-state index is -0.248.